The number of nitrogens with zero attached hydrogens (tertiary/aromatic N) is 8. The molecule has 4 aromatic rings. The molecule has 11 heteroatoms. The second kappa shape index (κ2) is 9.66. The van der Waals surface area contributed by atoms with Crippen LogP contribution in [0.1, 0.15) is 25.2 Å². The Labute approximate surface area is 221 Å². The average molecular weight is 514 g/mol. The number of aryl methyl sites for hydroxylation is 1. The number of nitrogens with one attached hydrogen (secondary N) is 1. The Morgan fingerprint density at radius 2 is 1.84 bits per heavy atom. The Hall–Kier alpha value is -4.09. The fourth-order valence-electron chi connectivity index (χ4n) is 5.08. The van der Waals surface area contributed by atoms with Gasteiger partial charge >= 0.3 is 0 Å². The molecule has 0 amide bonds. The molecule has 11 nitrogen and oxygen atoms in total. The first-order chi connectivity index (χ1) is 18.4. The largest absolute Gasteiger partial charge is 0.481 e. The molecule has 1 aromatic carbocycles. The van der Waals surface area contributed by atoms with Gasteiger partial charge < -0.3 is 20.1 Å². The van der Waals surface area contributed by atoms with Gasteiger partial charge in [0.2, 0.25) is 5.95 Å². The summed E-state index contributed by atoms with van der Waals surface area (Å²) in [6.45, 7) is 10.5. The SMILES string of the molecule is Cc1cnnn1-c1ccc2c(c1)OC(C)(C)c1nc(Nc3cncc(N4CCN(CCO)CC4)c3)ncc1-2. The van der Waals surface area contributed by atoms with Crippen LogP contribution in [0.25, 0.3) is 16.8 Å². The lowest BCUT2D eigenvalue weighted by molar-refractivity contribution is 0.100. The highest BCUT2D eigenvalue weighted by molar-refractivity contribution is 5.77. The number of aromatic nitrogens is 6. The van der Waals surface area contributed by atoms with Crippen molar-refractivity contribution in [3.8, 4) is 22.6 Å². The number of aliphatic hydroxyl groups is 1. The summed E-state index contributed by atoms with van der Waals surface area (Å²) in [7, 11) is 0. The Morgan fingerprint density at radius 3 is 2.61 bits per heavy atom. The number of pyridine rings is 1. The van der Waals surface area contributed by atoms with E-state index in [9.17, 15) is 5.11 Å². The highest BCUT2D eigenvalue weighted by atomic mass is 16.5. The van der Waals surface area contributed by atoms with Crippen molar-refractivity contribution in [3.05, 3.63) is 60.4 Å². The first-order valence-electron chi connectivity index (χ1n) is 12.8. The summed E-state index contributed by atoms with van der Waals surface area (Å²) < 4.78 is 8.22. The Balaban J connectivity index is 1.24. The van der Waals surface area contributed by atoms with Crippen LogP contribution in [0.3, 0.4) is 0 Å². The fraction of sp³-hybridized carbons (Fsp3) is 0.370. The van der Waals surface area contributed by atoms with E-state index in [2.05, 4.69) is 41.5 Å². The van der Waals surface area contributed by atoms with E-state index >= 15 is 0 Å². The number of anilines is 3. The number of β-amino-alcohol motifs (C(OH)–C–C–N with tert-alkyl or cyclic N) is 1. The highest BCUT2D eigenvalue weighted by Gasteiger charge is 2.35. The Kier molecular flexibility index (Phi) is 6.16. The van der Waals surface area contributed by atoms with Crippen LogP contribution < -0.4 is 15.0 Å². The molecule has 2 aliphatic heterocycles. The van der Waals surface area contributed by atoms with E-state index < -0.39 is 5.60 Å². The van der Waals surface area contributed by atoms with Crippen LogP contribution >= 0.6 is 0 Å². The molecule has 196 valence electrons. The molecule has 2 N–H and O–H groups in total. The van der Waals surface area contributed by atoms with Crippen LogP contribution in [0.2, 0.25) is 0 Å². The van der Waals surface area contributed by atoms with Crippen molar-refractivity contribution in [1.82, 2.24) is 34.8 Å². The van der Waals surface area contributed by atoms with Crippen LogP contribution in [0.5, 0.6) is 5.75 Å². The van der Waals surface area contributed by atoms with Gasteiger partial charge in [0.1, 0.15) is 11.4 Å². The normalized spacial score (nSPS) is 16.5. The summed E-state index contributed by atoms with van der Waals surface area (Å²) in [6.07, 6.45) is 7.24. The second-order valence-electron chi connectivity index (χ2n) is 10.1. The zero-order valence-electron chi connectivity index (χ0n) is 21.8. The number of ether oxygens (including phenoxy) is 1. The molecule has 0 bridgehead atoms. The molecule has 5 heterocycles. The molecule has 0 atom stereocenters. The molecule has 1 fully saturated rings. The maximum absolute atomic E-state index is 9.19. The third kappa shape index (κ3) is 4.54. The van der Waals surface area contributed by atoms with E-state index in [0.717, 1.165) is 78.1 Å². The van der Waals surface area contributed by atoms with Gasteiger partial charge in [-0.3, -0.25) is 9.88 Å². The highest BCUT2D eigenvalue weighted by Crippen LogP contribution is 2.45. The van der Waals surface area contributed by atoms with Crippen molar-refractivity contribution in [3.63, 3.8) is 0 Å². The van der Waals surface area contributed by atoms with E-state index in [4.69, 9.17) is 9.72 Å². The number of piperazine rings is 1. The van der Waals surface area contributed by atoms with Gasteiger partial charge in [0.25, 0.3) is 0 Å². The number of benzene rings is 1. The standard InChI is InChI=1S/C27H31N9O2/c1-18-14-30-33-36(18)20-4-5-22-23-17-29-26(32-25(23)27(2,3)38-24(22)13-20)31-19-12-21(16-28-15-19)35-8-6-34(7-9-35)10-11-37/h4-5,12-17,37H,6-11H2,1-3H3,(H,29,31,32). The summed E-state index contributed by atoms with van der Waals surface area (Å²) >= 11 is 0. The van der Waals surface area contributed by atoms with Crippen LogP contribution in [-0.2, 0) is 5.60 Å². The van der Waals surface area contributed by atoms with Gasteiger partial charge in [0, 0.05) is 56.1 Å². The quantitative estimate of drug-likeness (QED) is 0.398. The summed E-state index contributed by atoms with van der Waals surface area (Å²) in [5.41, 5.74) is 5.74. The first-order valence-corrected chi connectivity index (χ1v) is 12.8. The minimum Gasteiger partial charge on any atom is -0.481 e. The van der Waals surface area contributed by atoms with Gasteiger partial charge in [-0.25, -0.2) is 14.6 Å². The molecule has 3 aromatic heterocycles. The van der Waals surface area contributed by atoms with Gasteiger partial charge in [-0.15, -0.1) is 5.10 Å². The predicted molar refractivity (Wildman–Crippen MR) is 144 cm³/mol. The van der Waals surface area contributed by atoms with Crippen molar-refractivity contribution in [2.45, 2.75) is 26.4 Å². The fourth-order valence-corrected chi connectivity index (χ4v) is 5.08. The summed E-state index contributed by atoms with van der Waals surface area (Å²) in [5, 5.41) is 20.7. The van der Waals surface area contributed by atoms with Crippen LogP contribution in [0.15, 0.2) is 49.1 Å². The van der Waals surface area contributed by atoms with Gasteiger partial charge in [-0.2, -0.15) is 0 Å². The third-order valence-electron chi connectivity index (χ3n) is 7.08. The van der Waals surface area contributed by atoms with Crippen molar-refractivity contribution >= 4 is 17.3 Å². The monoisotopic (exact) mass is 513 g/mol. The minimum atomic E-state index is -0.661. The van der Waals surface area contributed by atoms with Crippen LogP contribution in [0.4, 0.5) is 17.3 Å². The maximum atomic E-state index is 9.19. The van der Waals surface area contributed by atoms with Crippen molar-refractivity contribution in [2.75, 3.05) is 49.5 Å². The van der Waals surface area contributed by atoms with Gasteiger partial charge in [0.05, 0.1) is 53.6 Å². The van der Waals surface area contributed by atoms with E-state index in [1.165, 1.54) is 0 Å². The smallest absolute Gasteiger partial charge is 0.227 e. The molecule has 0 unspecified atom stereocenters. The summed E-state index contributed by atoms with van der Waals surface area (Å²) in [6, 6.07) is 8.07. The van der Waals surface area contributed by atoms with E-state index in [1.807, 2.05) is 51.4 Å². The molecular formula is C27H31N9O2. The minimum absolute atomic E-state index is 0.193. The molecule has 0 spiro atoms. The lowest BCUT2D eigenvalue weighted by Crippen LogP contribution is -2.47. The van der Waals surface area contributed by atoms with Gasteiger partial charge in [-0.1, -0.05) is 5.21 Å². The number of rotatable bonds is 6. The predicted octanol–water partition coefficient (Wildman–Crippen LogP) is 2.91. The molecule has 0 saturated carbocycles. The molecular weight excluding hydrogens is 482 g/mol. The van der Waals surface area contributed by atoms with Crippen LogP contribution in [0, 0.1) is 6.92 Å². The number of hydrogen-bond donors (Lipinski definition) is 2. The molecule has 2 aliphatic rings. The van der Waals surface area contributed by atoms with Crippen molar-refractivity contribution in [1.29, 1.82) is 0 Å². The molecule has 38 heavy (non-hydrogen) atoms. The average Bonchev–Trinajstić information content (AvgIpc) is 3.35. The van der Waals surface area contributed by atoms with Gasteiger partial charge in [-0.05, 0) is 39.0 Å². The van der Waals surface area contributed by atoms with Crippen molar-refractivity contribution < 1.29 is 9.84 Å². The van der Waals surface area contributed by atoms with E-state index in [0.29, 0.717) is 5.95 Å². The number of hydrogen-bond acceptors (Lipinski definition) is 10. The third-order valence-corrected chi connectivity index (χ3v) is 7.08. The Bertz CT molecular complexity index is 1460. The summed E-state index contributed by atoms with van der Waals surface area (Å²) in [4.78, 5) is 18.5. The lowest BCUT2D eigenvalue weighted by atomic mass is 9.91. The van der Waals surface area contributed by atoms with Gasteiger partial charge in [0.15, 0.2) is 0 Å². The molecule has 6 rings (SSSR count). The first kappa shape index (κ1) is 24.3. The zero-order valence-corrected chi connectivity index (χ0v) is 21.8. The summed E-state index contributed by atoms with van der Waals surface area (Å²) in [5.74, 6) is 1.25. The lowest BCUT2D eigenvalue weighted by Gasteiger charge is -2.35. The number of fused-ring (bicyclic) bond motifs is 3. The molecule has 1 saturated heterocycles. The molecule has 0 radical (unpaired) electrons. The second-order valence-corrected chi connectivity index (χ2v) is 10.1. The van der Waals surface area contributed by atoms with E-state index in [1.54, 1.807) is 17.1 Å². The topological polar surface area (TPSA) is 117 Å². The van der Waals surface area contributed by atoms with E-state index in [-0.39, 0.29) is 6.61 Å². The molecule has 0 aliphatic carbocycles. The van der Waals surface area contributed by atoms with Crippen LogP contribution in [-0.4, -0.2) is 79.3 Å². The number of aliphatic hydroxyl groups excluding tert-OH is 1. The zero-order chi connectivity index (χ0) is 26.3. The Morgan fingerprint density at radius 1 is 1.00 bits per heavy atom. The maximum Gasteiger partial charge on any atom is 0.227 e. The van der Waals surface area contributed by atoms with Crippen molar-refractivity contribution in [2.24, 2.45) is 0 Å².